The van der Waals surface area contributed by atoms with Crippen molar-refractivity contribution in [2.45, 2.75) is 63.1 Å². The summed E-state index contributed by atoms with van der Waals surface area (Å²) in [5.41, 5.74) is 1.08. The first kappa shape index (κ1) is 18.4. The maximum atomic E-state index is 9.87. The minimum absolute atomic E-state index is 0.0193. The minimum atomic E-state index is -1.19. The number of nitrogens with zero attached hydrogens (tertiary/aromatic N) is 2. The zero-order chi connectivity index (χ0) is 17.0. The first-order valence-corrected chi connectivity index (χ1v) is 9.26. The Labute approximate surface area is 142 Å². The molecule has 0 amide bonds. The Hall–Kier alpha value is -0.890. The molecule has 0 aliphatic heterocycles. The molecule has 1 saturated carbocycles. The van der Waals surface area contributed by atoms with Gasteiger partial charge in [-0.05, 0) is 39.4 Å². The van der Waals surface area contributed by atoms with Crippen LogP contribution in [0.4, 0.5) is 5.82 Å². The molecule has 0 saturated heterocycles. The van der Waals surface area contributed by atoms with Gasteiger partial charge in [0.1, 0.15) is 5.82 Å². The van der Waals surface area contributed by atoms with Gasteiger partial charge in [-0.15, -0.1) is 0 Å². The molecule has 0 spiro atoms. The Bertz CT molecular complexity index is 522. The highest BCUT2D eigenvalue weighted by atomic mass is 32.2. The van der Waals surface area contributed by atoms with Crippen LogP contribution in [-0.4, -0.2) is 51.0 Å². The third kappa shape index (κ3) is 5.04. The number of aromatic nitrogens is 2. The van der Waals surface area contributed by atoms with Crippen LogP contribution in [0.5, 0.6) is 0 Å². The van der Waals surface area contributed by atoms with Gasteiger partial charge in [-0.3, -0.25) is 0 Å². The summed E-state index contributed by atoms with van der Waals surface area (Å²) in [4.78, 5) is 8.88. The van der Waals surface area contributed by atoms with Crippen LogP contribution in [0, 0.1) is 5.92 Å². The number of aryl methyl sites for hydroxylation is 1. The number of aliphatic hydroxyl groups is 2. The molecular formula is C16H27N3O3S. The summed E-state index contributed by atoms with van der Waals surface area (Å²) < 4.78 is 5.69. The zero-order valence-corrected chi connectivity index (χ0v) is 15.1. The summed E-state index contributed by atoms with van der Waals surface area (Å²) in [7, 11) is 0. The van der Waals surface area contributed by atoms with Crippen LogP contribution in [0.1, 0.15) is 39.2 Å². The van der Waals surface area contributed by atoms with Crippen molar-refractivity contribution in [3.63, 3.8) is 0 Å². The molecule has 1 heterocycles. The molecule has 3 N–H and O–H groups in total. The van der Waals surface area contributed by atoms with E-state index in [2.05, 4.69) is 22.2 Å². The van der Waals surface area contributed by atoms with E-state index in [4.69, 9.17) is 4.74 Å². The second kappa shape index (κ2) is 7.79. The maximum Gasteiger partial charge on any atom is 0.189 e. The van der Waals surface area contributed by atoms with Crippen LogP contribution in [-0.2, 0) is 11.2 Å². The molecule has 7 heteroatoms. The standard InChI is InChI=1S/C16H27N3O3S/c1-5-10-8-17-15(23-4)19-14(10)18-12-6-11(9-20)13(7-12)22-16(2,3)21/h8,11-13,20-21H,5-7,9H2,1-4H3,(H,17,18,19). The lowest BCUT2D eigenvalue weighted by molar-refractivity contribution is -0.214. The van der Waals surface area contributed by atoms with E-state index in [9.17, 15) is 10.2 Å². The summed E-state index contributed by atoms with van der Waals surface area (Å²) in [5.74, 6) is -0.314. The molecule has 1 aliphatic carbocycles. The van der Waals surface area contributed by atoms with Crippen molar-refractivity contribution < 1.29 is 14.9 Å². The van der Waals surface area contributed by atoms with Gasteiger partial charge >= 0.3 is 0 Å². The normalized spacial score (nSPS) is 24.9. The average molecular weight is 341 g/mol. The van der Waals surface area contributed by atoms with Crippen molar-refractivity contribution in [1.82, 2.24) is 9.97 Å². The van der Waals surface area contributed by atoms with Crippen molar-refractivity contribution in [2.24, 2.45) is 5.92 Å². The molecule has 3 atom stereocenters. The molecule has 1 aromatic rings. The fraction of sp³-hybridized carbons (Fsp3) is 0.750. The van der Waals surface area contributed by atoms with Crippen LogP contribution in [0.2, 0.25) is 0 Å². The molecule has 1 aliphatic rings. The summed E-state index contributed by atoms with van der Waals surface area (Å²) >= 11 is 1.51. The lowest BCUT2D eigenvalue weighted by Crippen LogP contribution is -2.33. The highest BCUT2D eigenvalue weighted by Gasteiger charge is 2.37. The summed E-state index contributed by atoms with van der Waals surface area (Å²) in [5, 5.41) is 23.7. The Morgan fingerprint density at radius 1 is 1.43 bits per heavy atom. The largest absolute Gasteiger partial charge is 0.396 e. The first-order chi connectivity index (χ1) is 10.9. The predicted molar refractivity (Wildman–Crippen MR) is 91.6 cm³/mol. The molecule has 6 nitrogen and oxygen atoms in total. The van der Waals surface area contributed by atoms with Crippen LogP contribution in [0.3, 0.4) is 0 Å². The van der Waals surface area contributed by atoms with Crippen LogP contribution in [0.25, 0.3) is 0 Å². The first-order valence-electron chi connectivity index (χ1n) is 8.03. The average Bonchev–Trinajstić information content (AvgIpc) is 2.86. The van der Waals surface area contributed by atoms with Gasteiger partial charge < -0.3 is 20.3 Å². The van der Waals surface area contributed by atoms with Crippen molar-refractivity contribution >= 4 is 17.6 Å². The molecule has 0 aromatic carbocycles. The van der Waals surface area contributed by atoms with Gasteiger partial charge in [0.15, 0.2) is 10.9 Å². The van der Waals surface area contributed by atoms with Crippen molar-refractivity contribution in [2.75, 3.05) is 18.2 Å². The van der Waals surface area contributed by atoms with Crippen LogP contribution in [0.15, 0.2) is 11.4 Å². The predicted octanol–water partition coefficient (Wildman–Crippen LogP) is 2.06. The van der Waals surface area contributed by atoms with Gasteiger partial charge in [0.2, 0.25) is 0 Å². The number of hydrogen-bond donors (Lipinski definition) is 3. The van der Waals surface area contributed by atoms with E-state index in [0.29, 0.717) is 0 Å². The van der Waals surface area contributed by atoms with E-state index in [1.165, 1.54) is 11.8 Å². The Morgan fingerprint density at radius 3 is 2.74 bits per heavy atom. The number of anilines is 1. The van der Waals surface area contributed by atoms with Gasteiger partial charge in [0.25, 0.3) is 0 Å². The minimum Gasteiger partial charge on any atom is -0.396 e. The monoisotopic (exact) mass is 341 g/mol. The highest BCUT2D eigenvalue weighted by Crippen LogP contribution is 2.33. The second-order valence-corrected chi connectivity index (χ2v) is 7.22. The summed E-state index contributed by atoms with van der Waals surface area (Å²) in [6, 6.07) is 0.161. The van der Waals surface area contributed by atoms with Gasteiger partial charge in [-0.2, -0.15) is 0 Å². The number of aliphatic hydroxyl groups excluding tert-OH is 1. The quantitative estimate of drug-likeness (QED) is 0.397. The third-order valence-corrected chi connectivity index (χ3v) is 4.61. The Kier molecular flexibility index (Phi) is 6.25. The molecule has 1 fully saturated rings. The molecule has 3 unspecified atom stereocenters. The molecular weight excluding hydrogens is 314 g/mol. The second-order valence-electron chi connectivity index (χ2n) is 6.44. The van der Waals surface area contributed by atoms with Gasteiger partial charge in [0.05, 0.1) is 6.10 Å². The number of rotatable bonds is 7. The van der Waals surface area contributed by atoms with Gasteiger partial charge in [-0.25, -0.2) is 9.97 Å². The number of thioether (sulfide) groups is 1. The van der Waals surface area contributed by atoms with Crippen LogP contribution < -0.4 is 5.32 Å². The Balaban J connectivity index is 2.09. The van der Waals surface area contributed by atoms with Crippen molar-refractivity contribution in [3.8, 4) is 0 Å². The molecule has 130 valence electrons. The molecule has 0 bridgehead atoms. The zero-order valence-electron chi connectivity index (χ0n) is 14.2. The fourth-order valence-electron chi connectivity index (χ4n) is 2.98. The third-order valence-electron chi connectivity index (χ3n) is 4.05. The lowest BCUT2D eigenvalue weighted by Gasteiger charge is -2.26. The van der Waals surface area contributed by atoms with E-state index in [1.807, 2.05) is 12.5 Å². The van der Waals surface area contributed by atoms with Gasteiger partial charge in [0, 0.05) is 30.3 Å². The SMILES string of the molecule is CCc1cnc(SC)nc1NC1CC(CO)C(OC(C)(C)O)C1. The van der Waals surface area contributed by atoms with E-state index in [0.717, 1.165) is 35.8 Å². The molecule has 23 heavy (non-hydrogen) atoms. The fourth-order valence-corrected chi connectivity index (χ4v) is 3.32. The number of hydrogen-bond acceptors (Lipinski definition) is 7. The van der Waals surface area contributed by atoms with E-state index < -0.39 is 5.79 Å². The van der Waals surface area contributed by atoms with E-state index in [1.54, 1.807) is 13.8 Å². The van der Waals surface area contributed by atoms with Crippen molar-refractivity contribution in [1.29, 1.82) is 0 Å². The van der Waals surface area contributed by atoms with Gasteiger partial charge in [-0.1, -0.05) is 18.7 Å². The molecule has 1 aromatic heterocycles. The number of nitrogens with one attached hydrogen (secondary N) is 1. The number of ether oxygens (including phenoxy) is 1. The summed E-state index contributed by atoms with van der Waals surface area (Å²) in [6.07, 6.45) is 6.04. The van der Waals surface area contributed by atoms with Crippen LogP contribution >= 0.6 is 11.8 Å². The molecule has 2 rings (SSSR count). The smallest absolute Gasteiger partial charge is 0.189 e. The van der Waals surface area contributed by atoms with E-state index in [-0.39, 0.29) is 24.7 Å². The highest BCUT2D eigenvalue weighted by molar-refractivity contribution is 7.98. The summed E-state index contributed by atoms with van der Waals surface area (Å²) in [6.45, 7) is 5.37. The topological polar surface area (TPSA) is 87.5 Å². The Morgan fingerprint density at radius 2 is 2.17 bits per heavy atom. The maximum absolute atomic E-state index is 9.87. The lowest BCUT2D eigenvalue weighted by atomic mass is 10.1. The molecule has 0 radical (unpaired) electrons. The van der Waals surface area contributed by atoms with Crippen molar-refractivity contribution in [3.05, 3.63) is 11.8 Å². The van der Waals surface area contributed by atoms with E-state index >= 15 is 0 Å².